The lowest BCUT2D eigenvalue weighted by Gasteiger charge is -2.24. The zero-order chi connectivity index (χ0) is 8.36. The molecule has 0 unspecified atom stereocenters. The highest BCUT2D eigenvalue weighted by Crippen LogP contribution is 2.07. The van der Waals surface area contributed by atoms with E-state index in [1.54, 1.807) is 0 Å². The van der Waals surface area contributed by atoms with Gasteiger partial charge in [0.1, 0.15) is 6.04 Å². The molecule has 0 rings (SSSR count). The summed E-state index contributed by atoms with van der Waals surface area (Å²) < 4.78 is 0. The van der Waals surface area contributed by atoms with E-state index in [-0.39, 0.29) is 0 Å². The minimum Gasteiger partial charge on any atom is -0.480 e. The number of hydrogen-bond acceptors (Lipinski definition) is 3. The van der Waals surface area contributed by atoms with Crippen molar-refractivity contribution in [3.05, 3.63) is 0 Å². The second-order valence-electron chi connectivity index (χ2n) is 2.71. The van der Waals surface area contributed by atoms with Crippen molar-refractivity contribution in [1.29, 1.82) is 0 Å². The fourth-order valence-corrected chi connectivity index (χ4v) is 0.779. The number of carboxylic acids is 1. The molecular weight excluding hydrogens is 134 g/mol. The first kappa shape index (κ1) is 9.39. The molecule has 0 bridgehead atoms. The summed E-state index contributed by atoms with van der Waals surface area (Å²) in [6.45, 7) is 2.89. The minimum atomic E-state index is -1.22. The standard InChI is InChI=1S/C6H13NO3/c1-6(2,10)4(7-3)5(8)9/h4,7,10H,1-3H3,(H,8,9)/t4-/m1/s1. The Balaban J connectivity index is 4.22. The highest BCUT2D eigenvalue weighted by molar-refractivity contribution is 5.74. The number of nitrogens with one attached hydrogen (secondary N) is 1. The molecule has 0 aromatic heterocycles. The average Bonchev–Trinajstić information content (AvgIpc) is 1.60. The fraction of sp³-hybridized carbons (Fsp3) is 0.833. The predicted octanol–water partition coefficient (Wildman–Crippen LogP) is -0.570. The van der Waals surface area contributed by atoms with E-state index in [0.717, 1.165) is 0 Å². The minimum absolute atomic E-state index is 0.910. The van der Waals surface area contributed by atoms with Gasteiger partial charge in [-0.2, -0.15) is 0 Å². The quantitative estimate of drug-likeness (QED) is 0.500. The zero-order valence-corrected chi connectivity index (χ0v) is 6.38. The molecule has 10 heavy (non-hydrogen) atoms. The maximum absolute atomic E-state index is 10.4. The van der Waals surface area contributed by atoms with Crippen molar-refractivity contribution >= 4 is 5.97 Å². The SMILES string of the molecule is CN[C@H](C(=O)O)C(C)(C)O. The van der Waals surface area contributed by atoms with Gasteiger partial charge in [0.2, 0.25) is 0 Å². The summed E-state index contributed by atoms with van der Waals surface area (Å²) in [5.74, 6) is -1.05. The summed E-state index contributed by atoms with van der Waals surface area (Å²) in [6.07, 6.45) is 0. The lowest BCUT2D eigenvalue weighted by atomic mass is 10.00. The Labute approximate surface area is 59.9 Å². The Morgan fingerprint density at radius 2 is 2.00 bits per heavy atom. The highest BCUT2D eigenvalue weighted by Gasteiger charge is 2.31. The Bertz CT molecular complexity index is 127. The lowest BCUT2D eigenvalue weighted by molar-refractivity contribution is -0.145. The van der Waals surface area contributed by atoms with Crippen LogP contribution < -0.4 is 5.32 Å². The molecule has 0 aromatic carbocycles. The van der Waals surface area contributed by atoms with Crippen LogP contribution in [0.15, 0.2) is 0 Å². The molecule has 0 radical (unpaired) electrons. The normalized spacial score (nSPS) is 14.8. The Hall–Kier alpha value is -0.610. The highest BCUT2D eigenvalue weighted by atomic mass is 16.4. The van der Waals surface area contributed by atoms with Gasteiger partial charge in [0, 0.05) is 0 Å². The van der Waals surface area contributed by atoms with Gasteiger partial charge in [-0.05, 0) is 20.9 Å². The van der Waals surface area contributed by atoms with Gasteiger partial charge >= 0.3 is 5.97 Å². The smallest absolute Gasteiger partial charge is 0.323 e. The van der Waals surface area contributed by atoms with Crippen LogP contribution in [0.25, 0.3) is 0 Å². The van der Waals surface area contributed by atoms with Crippen molar-refractivity contribution in [3.8, 4) is 0 Å². The molecule has 0 saturated heterocycles. The Kier molecular flexibility index (Phi) is 2.80. The molecule has 0 spiro atoms. The first-order valence-corrected chi connectivity index (χ1v) is 3.02. The molecule has 3 N–H and O–H groups in total. The molecule has 1 atom stereocenters. The number of aliphatic hydroxyl groups is 1. The van der Waals surface area contributed by atoms with Gasteiger partial charge < -0.3 is 15.5 Å². The predicted molar refractivity (Wildman–Crippen MR) is 36.8 cm³/mol. The van der Waals surface area contributed by atoms with Gasteiger partial charge in [-0.15, -0.1) is 0 Å². The van der Waals surface area contributed by atoms with Crippen LogP contribution in [0.4, 0.5) is 0 Å². The van der Waals surface area contributed by atoms with Gasteiger partial charge in [-0.25, -0.2) is 0 Å². The molecule has 0 aliphatic carbocycles. The second kappa shape index (κ2) is 2.98. The molecule has 0 saturated carbocycles. The van der Waals surface area contributed by atoms with E-state index < -0.39 is 17.6 Å². The Morgan fingerprint density at radius 3 is 2.00 bits per heavy atom. The summed E-state index contributed by atoms with van der Waals surface area (Å²) in [7, 11) is 1.50. The largest absolute Gasteiger partial charge is 0.480 e. The van der Waals surface area contributed by atoms with E-state index in [9.17, 15) is 9.90 Å². The van der Waals surface area contributed by atoms with Gasteiger partial charge in [0.15, 0.2) is 0 Å². The summed E-state index contributed by atoms with van der Waals surface area (Å²) in [4.78, 5) is 10.4. The van der Waals surface area contributed by atoms with Crippen molar-refractivity contribution in [1.82, 2.24) is 5.32 Å². The molecular formula is C6H13NO3. The molecule has 0 aliphatic rings. The van der Waals surface area contributed by atoms with Crippen LogP contribution in [0.5, 0.6) is 0 Å². The van der Waals surface area contributed by atoms with Crippen molar-refractivity contribution < 1.29 is 15.0 Å². The molecule has 4 heteroatoms. The summed E-state index contributed by atoms with van der Waals surface area (Å²) in [5, 5.41) is 20.2. The number of likely N-dealkylation sites (N-methyl/N-ethyl adjacent to an activating group) is 1. The third-order valence-corrected chi connectivity index (χ3v) is 1.24. The topological polar surface area (TPSA) is 69.6 Å². The monoisotopic (exact) mass is 147 g/mol. The van der Waals surface area contributed by atoms with E-state index in [1.807, 2.05) is 0 Å². The van der Waals surface area contributed by atoms with E-state index in [4.69, 9.17) is 5.11 Å². The zero-order valence-electron chi connectivity index (χ0n) is 6.38. The maximum atomic E-state index is 10.4. The summed E-state index contributed by atoms with van der Waals surface area (Å²) >= 11 is 0. The molecule has 0 aliphatic heterocycles. The van der Waals surface area contributed by atoms with E-state index in [0.29, 0.717) is 0 Å². The van der Waals surface area contributed by atoms with Gasteiger partial charge in [-0.3, -0.25) is 4.79 Å². The van der Waals surface area contributed by atoms with Gasteiger partial charge in [-0.1, -0.05) is 0 Å². The first-order chi connectivity index (χ1) is 4.39. The van der Waals surface area contributed by atoms with Crippen LogP contribution in [0, 0.1) is 0 Å². The van der Waals surface area contributed by atoms with Crippen LogP contribution in [0.1, 0.15) is 13.8 Å². The van der Waals surface area contributed by atoms with E-state index in [1.165, 1.54) is 20.9 Å². The summed E-state index contributed by atoms with van der Waals surface area (Å²) in [6, 6.07) is -0.910. The van der Waals surface area contributed by atoms with Crippen molar-refractivity contribution in [2.24, 2.45) is 0 Å². The third kappa shape index (κ3) is 2.33. The Morgan fingerprint density at radius 1 is 1.60 bits per heavy atom. The number of hydrogen-bond donors (Lipinski definition) is 3. The van der Waals surface area contributed by atoms with Crippen LogP contribution in [0.3, 0.4) is 0 Å². The number of carbonyl (C=O) groups is 1. The van der Waals surface area contributed by atoms with Gasteiger partial charge in [0.05, 0.1) is 5.60 Å². The van der Waals surface area contributed by atoms with Crippen LogP contribution in [-0.4, -0.2) is 34.9 Å². The van der Waals surface area contributed by atoms with Crippen LogP contribution >= 0.6 is 0 Å². The average molecular weight is 147 g/mol. The molecule has 60 valence electrons. The third-order valence-electron chi connectivity index (χ3n) is 1.24. The molecule has 0 heterocycles. The molecule has 0 fully saturated rings. The van der Waals surface area contributed by atoms with Crippen molar-refractivity contribution in [2.75, 3.05) is 7.05 Å². The molecule has 0 amide bonds. The van der Waals surface area contributed by atoms with E-state index in [2.05, 4.69) is 5.32 Å². The fourth-order valence-electron chi connectivity index (χ4n) is 0.779. The van der Waals surface area contributed by atoms with Gasteiger partial charge in [0.25, 0.3) is 0 Å². The summed E-state index contributed by atoms with van der Waals surface area (Å²) in [5.41, 5.74) is -1.22. The first-order valence-electron chi connectivity index (χ1n) is 3.02. The maximum Gasteiger partial charge on any atom is 0.323 e. The number of aliphatic carboxylic acids is 1. The van der Waals surface area contributed by atoms with Crippen molar-refractivity contribution in [2.45, 2.75) is 25.5 Å². The van der Waals surface area contributed by atoms with E-state index >= 15 is 0 Å². The van der Waals surface area contributed by atoms with Crippen molar-refractivity contribution in [3.63, 3.8) is 0 Å². The molecule has 4 nitrogen and oxygen atoms in total. The number of rotatable bonds is 3. The van der Waals surface area contributed by atoms with Crippen LogP contribution in [-0.2, 0) is 4.79 Å². The second-order valence-corrected chi connectivity index (χ2v) is 2.71. The van der Waals surface area contributed by atoms with Crippen LogP contribution in [0.2, 0.25) is 0 Å². The molecule has 0 aromatic rings. The lowest BCUT2D eigenvalue weighted by Crippen LogP contribution is -2.50. The number of carboxylic acid groups (broad SMARTS) is 1.